The maximum absolute atomic E-state index is 12.2. The maximum Gasteiger partial charge on any atom is 0.242 e. The van der Waals surface area contributed by atoms with Crippen LogP contribution in [0.3, 0.4) is 0 Å². The Morgan fingerprint density at radius 2 is 2.19 bits per heavy atom. The van der Waals surface area contributed by atoms with Crippen LogP contribution in [0.5, 0.6) is 0 Å². The van der Waals surface area contributed by atoms with E-state index in [1.807, 2.05) is 16.8 Å². The normalized spacial score (nSPS) is 28.2. The topological polar surface area (TPSA) is 43.8 Å². The second kappa shape index (κ2) is 6.21. The predicted molar refractivity (Wildman–Crippen MR) is 64.2 cm³/mol. The first-order valence-electron chi connectivity index (χ1n) is 6.23. The molecular formula is C12H24N2O2. The van der Waals surface area contributed by atoms with Gasteiger partial charge >= 0.3 is 0 Å². The maximum atomic E-state index is 12.2. The Labute approximate surface area is 98.2 Å². The number of carbonyl (C=O) groups is 1. The number of hydrogen-bond acceptors (Lipinski definition) is 3. The van der Waals surface area contributed by atoms with Crippen LogP contribution in [0, 0.1) is 0 Å². The first kappa shape index (κ1) is 13.5. The number of unbranched alkanes of at least 4 members (excludes halogenated alkanes) is 1. The fraction of sp³-hybridized carbons (Fsp3) is 0.917. The Kier molecular flexibility index (Phi) is 5.22. The minimum absolute atomic E-state index is 0.0811. The molecule has 1 aliphatic heterocycles. The van der Waals surface area contributed by atoms with Crippen molar-refractivity contribution in [1.29, 1.82) is 0 Å². The van der Waals surface area contributed by atoms with E-state index in [4.69, 9.17) is 0 Å². The zero-order valence-corrected chi connectivity index (χ0v) is 10.6. The molecule has 1 rings (SSSR count). The van der Waals surface area contributed by atoms with Gasteiger partial charge in [0, 0.05) is 19.1 Å². The van der Waals surface area contributed by atoms with E-state index in [9.17, 15) is 9.90 Å². The van der Waals surface area contributed by atoms with Gasteiger partial charge in [-0.15, -0.1) is 0 Å². The van der Waals surface area contributed by atoms with Crippen LogP contribution >= 0.6 is 0 Å². The number of nitrogens with zero attached hydrogens (tertiary/aromatic N) is 2. The van der Waals surface area contributed by atoms with Gasteiger partial charge in [0.25, 0.3) is 0 Å². The Hall–Kier alpha value is -0.610. The SMILES string of the molecule is CCCCN1CCC(C)N(C)C(CO)C1=O. The van der Waals surface area contributed by atoms with E-state index in [2.05, 4.69) is 13.8 Å². The molecule has 0 bridgehead atoms. The summed E-state index contributed by atoms with van der Waals surface area (Å²) in [7, 11) is 1.92. The quantitative estimate of drug-likeness (QED) is 0.770. The van der Waals surface area contributed by atoms with Crippen molar-refractivity contribution in [3.63, 3.8) is 0 Å². The highest BCUT2D eigenvalue weighted by Gasteiger charge is 2.32. The summed E-state index contributed by atoms with van der Waals surface area (Å²) in [6, 6.07) is 0.00193. The predicted octanol–water partition coefficient (Wildman–Crippen LogP) is 0.700. The summed E-state index contributed by atoms with van der Waals surface area (Å²) in [4.78, 5) is 16.1. The number of aliphatic hydroxyl groups is 1. The lowest BCUT2D eigenvalue weighted by Gasteiger charge is -2.28. The number of amides is 1. The van der Waals surface area contributed by atoms with Gasteiger partial charge in [0.1, 0.15) is 6.04 Å². The lowest BCUT2D eigenvalue weighted by atomic mass is 10.2. The van der Waals surface area contributed by atoms with E-state index in [0.29, 0.717) is 6.04 Å². The van der Waals surface area contributed by atoms with E-state index in [1.165, 1.54) is 0 Å². The number of carbonyl (C=O) groups excluding carboxylic acids is 1. The molecule has 4 nitrogen and oxygen atoms in total. The second-order valence-corrected chi connectivity index (χ2v) is 4.68. The zero-order valence-electron chi connectivity index (χ0n) is 10.6. The van der Waals surface area contributed by atoms with Gasteiger partial charge in [-0.2, -0.15) is 0 Å². The molecule has 16 heavy (non-hydrogen) atoms. The Morgan fingerprint density at radius 3 is 2.75 bits per heavy atom. The van der Waals surface area contributed by atoms with Gasteiger partial charge in [-0.3, -0.25) is 9.69 Å². The molecule has 94 valence electrons. The van der Waals surface area contributed by atoms with Crippen molar-refractivity contribution in [2.24, 2.45) is 0 Å². The third-order valence-electron chi connectivity index (χ3n) is 3.55. The molecular weight excluding hydrogens is 204 g/mol. The van der Waals surface area contributed by atoms with Gasteiger partial charge in [0.2, 0.25) is 5.91 Å². The number of aliphatic hydroxyl groups excluding tert-OH is 1. The molecule has 0 aliphatic carbocycles. The Bertz CT molecular complexity index is 233. The largest absolute Gasteiger partial charge is 0.394 e. The molecule has 0 spiro atoms. The standard InChI is InChI=1S/C12H24N2O2/c1-4-5-7-14-8-6-10(2)13(3)11(9-15)12(14)16/h10-11,15H,4-9H2,1-3H3. The minimum Gasteiger partial charge on any atom is -0.394 e. The molecule has 1 heterocycles. The van der Waals surface area contributed by atoms with Crippen LogP contribution in [0.4, 0.5) is 0 Å². The molecule has 1 N–H and O–H groups in total. The van der Waals surface area contributed by atoms with Gasteiger partial charge in [-0.1, -0.05) is 13.3 Å². The lowest BCUT2D eigenvalue weighted by molar-refractivity contribution is -0.136. The van der Waals surface area contributed by atoms with Crippen molar-refractivity contribution in [1.82, 2.24) is 9.80 Å². The molecule has 1 amide bonds. The Balaban J connectivity index is 2.70. The first-order chi connectivity index (χ1) is 7.61. The molecule has 1 saturated heterocycles. The third-order valence-corrected chi connectivity index (χ3v) is 3.55. The summed E-state index contributed by atoms with van der Waals surface area (Å²) in [5.41, 5.74) is 0. The molecule has 2 atom stereocenters. The van der Waals surface area contributed by atoms with Crippen LogP contribution in [0.25, 0.3) is 0 Å². The summed E-state index contributed by atoms with van der Waals surface area (Å²) in [5.74, 6) is 0.0859. The van der Waals surface area contributed by atoms with Crippen LogP contribution in [-0.4, -0.2) is 59.6 Å². The molecule has 2 unspecified atom stereocenters. The van der Waals surface area contributed by atoms with Crippen molar-refractivity contribution in [3.8, 4) is 0 Å². The number of rotatable bonds is 4. The van der Waals surface area contributed by atoms with E-state index >= 15 is 0 Å². The van der Waals surface area contributed by atoms with Crippen LogP contribution in [-0.2, 0) is 4.79 Å². The fourth-order valence-electron chi connectivity index (χ4n) is 2.13. The van der Waals surface area contributed by atoms with Gasteiger partial charge < -0.3 is 10.0 Å². The zero-order chi connectivity index (χ0) is 12.1. The van der Waals surface area contributed by atoms with Crippen molar-refractivity contribution in [2.45, 2.75) is 45.2 Å². The smallest absolute Gasteiger partial charge is 0.242 e. The highest BCUT2D eigenvalue weighted by molar-refractivity contribution is 5.82. The number of likely N-dealkylation sites (N-methyl/N-ethyl adjacent to an activating group) is 1. The summed E-state index contributed by atoms with van der Waals surface area (Å²) < 4.78 is 0. The molecule has 1 aliphatic rings. The van der Waals surface area contributed by atoms with Gasteiger partial charge in [0.15, 0.2) is 0 Å². The van der Waals surface area contributed by atoms with Crippen LogP contribution in [0.2, 0.25) is 0 Å². The summed E-state index contributed by atoms with van der Waals surface area (Å²) in [6.07, 6.45) is 3.13. The monoisotopic (exact) mass is 228 g/mol. The van der Waals surface area contributed by atoms with Gasteiger partial charge in [0.05, 0.1) is 6.61 Å². The fourth-order valence-corrected chi connectivity index (χ4v) is 2.13. The van der Waals surface area contributed by atoms with E-state index in [1.54, 1.807) is 0 Å². The highest BCUT2D eigenvalue weighted by Crippen LogP contribution is 2.15. The van der Waals surface area contributed by atoms with Crippen LogP contribution < -0.4 is 0 Å². The molecule has 0 radical (unpaired) electrons. The van der Waals surface area contributed by atoms with Gasteiger partial charge in [-0.25, -0.2) is 0 Å². The van der Waals surface area contributed by atoms with Crippen molar-refractivity contribution in [3.05, 3.63) is 0 Å². The van der Waals surface area contributed by atoms with Crippen LogP contribution in [0.15, 0.2) is 0 Å². The lowest BCUT2D eigenvalue weighted by Crippen LogP contribution is -2.48. The molecule has 1 fully saturated rings. The third kappa shape index (κ3) is 2.95. The minimum atomic E-state index is -0.352. The number of hydrogen-bond donors (Lipinski definition) is 1. The summed E-state index contributed by atoms with van der Waals surface area (Å²) >= 11 is 0. The molecule has 4 heteroatoms. The van der Waals surface area contributed by atoms with Crippen molar-refractivity contribution >= 4 is 5.91 Å². The van der Waals surface area contributed by atoms with E-state index < -0.39 is 0 Å². The Morgan fingerprint density at radius 1 is 1.50 bits per heavy atom. The average Bonchev–Trinajstić information content (AvgIpc) is 2.37. The molecule has 0 aromatic heterocycles. The van der Waals surface area contributed by atoms with E-state index in [-0.39, 0.29) is 18.6 Å². The summed E-state index contributed by atoms with van der Waals surface area (Å²) in [5, 5.41) is 9.33. The highest BCUT2D eigenvalue weighted by atomic mass is 16.3. The molecule has 0 saturated carbocycles. The average molecular weight is 228 g/mol. The molecule has 0 aromatic carbocycles. The first-order valence-corrected chi connectivity index (χ1v) is 6.23. The molecule has 0 aromatic rings. The second-order valence-electron chi connectivity index (χ2n) is 4.68. The van der Waals surface area contributed by atoms with E-state index in [0.717, 1.165) is 32.4 Å². The van der Waals surface area contributed by atoms with Crippen molar-refractivity contribution < 1.29 is 9.90 Å². The summed E-state index contributed by atoms with van der Waals surface area (Å²) in [6.45, 7) is 5.80. The van der Waals surface area contributed by atoms with Crippen LogP contribution in [0.1, 0.15) is 33.1 Å². The van der Waals surface area contributed by atoms with Crippen molar-refractivity contribution in [2.75, 3.05) is 26.7 Å². The van der Waals surface area contributed by atoms with Gasteiger partial charge in [-0.05, 0) is 26.8 Å².